The average Bonchev–Trinajstić information content (AvgIpc) is 2.30. The maximum atomic E-state index is 12.0. The Morgan fingerprint density at radius 2 is 2.12 bits per heavy atom. The molecule has 1 rings (SSSR count). The number of carbonyl (C=O) groups excluding carboxylic acids is 1. The Labute approximate surface area is 100.0 Å². The minimum atomic E-state index is -3.75. The summed E-state index contributed by atoms with van der Waals surface area (Å²) in [5.74, 6) is -0.678. The summed E-state index contributed by atoms with van der Waals surface area (Å²) < 4.78 is 24.9. The number of benzene rings is 1. The fourth-order valence-corrected chi connectivity index (χ4v) is 2.62. The molecule has 0 aliphatic heterocycles. The highest BCUT2D eigenvalue weighted by molar-refractivity contribution is 7.89. The molecular formula is C10H14N2O4S. The third-order valence-electron chi connectivity index (χ3n) is 2.15. The van der Waals surface area contributed by atoms with E-state index in [0.29, 0.717) is 0 Å². The van der Waals surface area contributed by atoms with Crippen LogP contribution in [-0.4, -0.2) is 32.4 Å². The van der Waals surface area contributed by atoms with Crippen LogP contribution in [0.1, 0.15) is 17.3 Å². The minimum absolute atomic E-state index is 0.0301. The van der Waals surface area contributed by atoms with Crippen molar-refractivity contribution in [2.45, 2.75) is 11.8 Å². The molecule has 0 fully saturated rings. The number of amides is 1. The van der Waals surface area contributed by atoms with Crippen LogP contribution >= 0.6 is 0 Å². The normalized spacial score (nSPS) is 11.7. The number of rotatable bonds is 5. The van der Waals surface area contributed by atoms with Crippen LogP contribution in [0, 0.1) is 0 Å². The predicted octanol–water partition coefficient (Wildman–Crippen LogP) is 0.358. The second kappa shape index (κ2) is 5.26. The standard InChI is InChI=1S/C10H14N2O4S/c1-3-12(16-2)17(14,15)9-6-4-5-8(7-9)10(11)13/h4-7H,3H2,1-2H3,(H2,11,13). The van der Waals surface area contributed by atoms with Crippen molar-refractivity contribution in [2.24, 2.45) is 5.73 Å². The zero-order valence-corrected chi connectivity index (χ0v) is 10.4. The molecule has 7 heteroatoms. The molecule has 6 nitrogen and oxygen atoms in total. The summed E-state index contributed by atoms with van der Waals surface area (Å²) in [6.45, 7) is 1.80. The van der Waals surface area contributed by atoms with Gasteiger partial charge in [0.05, 0.1) is 12.0 Å². The Kier molecular flexibility index (Phi) is 4.22. The zero-order chi connectivity index (χ0) is 13.1. The lowest BCUT2D eigenvalue weighted by molar-refractivity contribution is -0.0442. The van der Waals surface area contributed by atoms with Gasteiger partial charge in [0.25, 0.3) is 10.0 Å². The van der Waals surface area contributed by atoms with Crippen LogP contribution in [0.2, 0.25) is 0 Å². The van der Waals surface area contributed by atoms with Crippen LogP contribution in [0.5, 0.6) is 0 Å². The summed E-state index contributed by atoms with van der Waals surface area (Å²) in [4.78, 5) is 15.7. The van der Waals surface area contributed by atoms with Crippen LogP contribution < -0.4 is 5.73 Å². The molecule has 0 aromatic heterocycles. The first-order valence-corrected chi connectivity index (χ1v) is 6.34. The molecule has 0 radical (unpaired) electrons. The van der Waals surface area contributed by atoms with Crippen LogP contribution in [0.3, 0.4) is 0 Å². The number of hydrogen-bond donors (Lipinski definition) is 1. The van der Waals surface area contributed by atoms with Gasteiger partial charge in [-0.15, -0.1) is 0 Å². The lowest BCUT2D eigenvalue weighted by Gasteiger charge is -2.17. The monoisotopic (exact) mass is 258 g/mol. The number of nitrogens with two attached hydrogens (primary N) is 1. The molecule has 0 unspecified atom stereocenters. The number of sulfonamides is 1. The van der Waals surface area contributed by atoms with Crippen molar-refractivity contribution in [1.29, 1.82) is 0 Å². The molecule has 0 spiro atoms. The van der Waals surface area contributed by atoms with Crippen molar-refractivity contribution < 1.29 is 18.0 Å². The Morgan fingerprint density at radius 1 is 1.47 bits per heavy atom. The second-order valence-corrected chi connectivity index (χ2v) is 5.03. The second-order valence-electron chi connectivity index (χ2n) is 3.20. The fraction of sp³-hybridized carbons (Fsp3) is 0.300. The number of carbonyl (C=O) groups is 1. The molecule has 0 bridgehead atoms. The third-order valence-corrected chi connectivity index (χ3v) is 3.94. The Bertz CT molecular complexity index is 509. The van der Waals surface area contributed by atoms with E-state index < -0.39 is 15.9 Å². The van der Waals surface area contributed by atoms with Crippen molar-refractivity contribution in [3.8, 4) is 0 Å². The van der Waals surface area contributed by atoms with Gasteiger partial charge >= 0.3 is 0 Å². The van der Waals surface area contributed by atoms with Gasteiger partial charge in [-0.1, -0.05) is 10.5 Å². The molecule has 2 N–H and O–H groups in total. The van der Waals surface area contributed by atoms with E-state index in [1.54, 1.807) is 6.92 Å². The van der Waals surface area contributed by atoms with Crippen molar-refractivity contribution >= 4 is 15.9 Å². The maximum absolute atomic E-state index is 12.0. The van der Waals surface area contributed by atoms with Gasteiger partial charge in [0.2, 0.25) is 5.91 Å². The molecule has 1 amide bonds. The smallest absolute Gasteiger partial charge is 0.265 e. The molecule has 0 saturated carbocycles. The molecule has 94 valence electrons. The number of hydroxylamine groups is 1. The van der Waals surface area contributed by atoms with Gasteiger partial charge in [0.1, 0.15) is 0 Å². The van der Waals surface area contributed by atoms with Crippen molar-refractivity contribution in [3.63, 3.8) is 0 Å². The Morgan fingerprint density at radius 3 is 2.59 bits per heavy atom. The van der Waals surface area contributed by atoms with Crippen LogP contribution in [0.25, 0.3) is 0 Å². The molecule has 1 aromatic carbocycles. The van der Waals surface area contributed by atoms with E-state index in [9.17, 15) is 13.2 Å². The van der Waals surface area contributed by atoms with Crippen molar-refractivity contribution in [1.82, 2.24) is 4.47 Å². The lowest BCUT2D eigenvalue weighted by Crippen LogP contribution is -2.30. The lowest BCUT2D eigenvalue weighted by atomic mass is 10.2. The topological polar surface area (TPSA) is 89.7 Å². The summed E-state index contributed by atoms with van der Waals surface area (Å²) in [5.41, 5.74) is 5.23. The van der Waals surface area contributed by atoms with Gasteiger partial charge in [0.15, 0.2) is 0 Å². The number of hydrogen-bond acceptors (Lipinski definition) is 4. The summed E-state index contributed by atoms with van der Waals surface area (Å²) in [6, 6.07) is 5.50. The first kappa shape index (κ1) is 13.6. The maximum Gasteiger partial charge on any atom is 0.265 e. The average molecular weight is 258 g/mol. The summed E-state index contributed by atoms with van der Waals surface area (Å²) >= 11 is 0. The summed E-state index contributed by atoms with van der Waals surface area (Å²) in [7, 11) is -2.49. The van der Waals surface area contributed by atoms with Gasteiger partial charge in [-0.2, -0.15) is 0 Å². The number of nitrogens with zero attached hydrogens (tertiary/aromatic N) is 1. The van der Waals surface area contributed by atoms with E-state index in [1.807, 2.05) is 0 Å². The van der Waals surface area contributed by atoms with Gasteiger partial charge < -0.3 is 5.73 Å². The summed E-state index contributed by atoms with van der Waals surface area (Å²) in [5, 5.41) is 0. The van der Waals surface area contributed by atoms with Gasteiger partial charge in [-0.05, 0) is 25.1 Å². The van der Waals surface area contributed by atoms with E-state index in [2.05, 4.69) is 0 Å². The Balaban J connectivity index is 3.24. The SMILES string of the molecule is CCN(OC)S(=O)(=O)c1cccc(C(N)=O)c1. The highest BCUT2D eigenvalue weighted by Crippen LogP contribution is 2.16. The van der Waals surface area contributed by atoms with Gasteiger partial charge in [-0.25, -0.2) is 8.42 Å². The fourth-order valence-electron chi connectivity index (χ4n) is 1.32. The first-order valence-electron chi connectivity index (χ1n) is 4.90. The molecule has 0 aliphatic carbocycles. The van der Waals surface area contributed by atoms with Crippen LogP contribution in [0.15, 0.2) is 29.2 Å². The molecular weight excluding hydrogens is 244 g/mol. The summed E-state index contributed by atoms with van der Waals surface area (Å²) in [6.07, 6.45) is 0. The van der Waals surface area contributed by atoms with E-state index in [1.165, 1.54) is 31.4 Å². The molecule has 0 heterocycles. The molecule has 0 aliphatic rings. The number of primary amides is 1. The van der Waals surface area contributed by atoms with Crippen molar-refractivity contribution in [2.75, 3.05) is 13.7 Å². The first-order chi connectivity index (χ1) is 7.93. The highest BCUT2D eigenvalue weighted by Gasteiger charge is 2.23. The van der Waals surface area contributed by atoms with Crippen LogP contribution in [-0.2, 0) is 14.9 Å². The van der Waals surface area contributed by atoms with Gasteiger partial charge in [0, 0.05) is 12.1 Å². The molecule has 17 heavy (non-hydrogen) atoms. The van der Waals surface area contributed by atoms with E-state index in [0.717, 1.165) is 4.47 Å². The third kappa shape index (κ3) is 2.82. The van der Waals surface area contributed by atoms with E-state index in [-0.39, 0.29) is 17.0 Å². The molecule has 0 saturated heterocycles. The molecule has 1 aromatic rings. The quantitative estimate of drug-likeness (QED) is 0.772. The largest absolute Gasteiger partial charge is 0.366 e. The van der Waals surface area contributed by atoms with E-state index in [4.69, 9.17) is 10.6 Å². The zero-order valence-electron chi connectivity index (χ0n) is 9.58. The Hall–Kier alpha value is -1.44. The van der Waals surface area contributed by atoms with Crippen molar-refractivity contribution in [3.05, 3.63) is 29.8 Å². The highest BCUT2D eigenvalue weighted by atomic mass is 32.2. The van der Waals surface area contributed by atoms with E-state index >= 15 is 0 Å². The molecule has 0 atom stereocenters. The predicted molar refractivity (Wildman–Crippen MR) is 61.5 cm³/mol. The van der Waals surface area contributed by atoms with Gasteiger partial charge in [-0.3, -0.25) is 9.63 Å². The minimum Gasteiger partial charge on any atom is -0.366 e. The van der Waals surface area contributed by atoms with Crippen LogP contribution in [0.4, 0.5) is 0 Å².